The topological polar surface area (TPSA) is 30.5 Å². The molecule has 1 aromatic rings. The number of hydrogen-bond acceptors (Lipinski definition) is 3. The van der Waals surface area contributed by atoms with E-state index < -0.39 is 0 Å². The molecular weight excluding hydrogens is 190 g/mol. The van der Waals surface area contributed by atoms with Crippen molar-refractivity contribution in [2.24, 2.45) is 5.92 Å². The van der Waals surface area contributed by atoms with E-state index in [9.17, 15) is 0 Å². The molecule has 2 rings (SSSR count). The highest BCUT2D eigenvalue weighted by Gasteiger charge is 2.25. The van der Waals surface area contributed by atoms with Gasteiger partial charge >= 0.3 is 0 Å². The molecule has 1 heterocycles. The van der Waals surface area contributed by atoms with Gasteiger partial charge in [0.25, 0.3) is 0 Å². The molecule has 0 radical (unpaired) electrons. The third-order valence-corrected chi connectivity index (χ3v) is 2.58. The molecule has 0 aromatic heterocycles. The van der Waals surface area contributed by atoms with Gasteiger partial charge in [-0.25, -0.2) is 0 Å². The van der Waals surface area contributed by atoms with Crippen LogP contribution in [0.1, 0.15) is 25.5 Å². The van der Waals surface area contributed by atoms with Gasteiger partial charge in [-0.1, -0.05) is 44.2 Å². The smallest absolute Gasteiger partial charge is 0.220 e. The zero-order chi connectivity index (χ0) is 10.7. The Morgan fingerprint density at radius 1 is 1.20 bits per heavy atom. The van der Waals surface area contributed by atoms with Gasteiger partial charge in [0.2, 0.25) is 6.41 Å². The first-order valence-electron chi connectivity index (χ1n) is 5.31. The van der Waals surface area contributed by atoms with E-state index in [-0.39, 0.29) is 12.5 Å². The maximum Gasteiger partial charge on any atom is 0.220 e. The van der Waals surface area contributed by atoms with Crippen LogP contribution in [0.4, 0.5) is 0 Å². The second-order valence-electron chi connectivity index (χ2n) is 4.08. The van der Waals surface area contributed by atoms with Crippen molar-refractivity contribution in [1.29, 1.82) is 0 Å². The summed E-state index contributed by atoms with van der Waals surface area (Å²) < 4.78 is 10.4. The molecular formula is C12H17NO2. The van der Waals surface area contributed by atoms with Crippen molar-refractivity contribution in [2.75, 3.05) is 6.79 Å². The number of nitrogens with one attached hydrogen (secondary N) is 1. The summed E-state index contributed by atoms with van der Waals surface area (Å²) in [5, 5.41) is 3.32. The average molecular weight is 207 g/mol. The average Bonchev–Trinajstić information content (AvgIpc) is 2.17. The van der Waals surface area contributed by atoms with E-state index in [4.69, 9.17) is 9.47 Å². The zero-order valence-corrected chi connectivity index (χ0v) is 9.14. The normalized spacial score (nSPS) is 18.9. The SMILES string of the molecule is CC(C)C(NC1OCO1)c1ccccc1. The van der Waals surface area contributed by atoms with Gasteiger partial charge in [0.1, 0.15) is 0 Å². The molecule has 0 bridgehead atoms. The van der Waals surface area contributed by atoms with E-state index in [2.05, 4.69) is 43.4 Å². The second-order valence-corrected chi connectivity index (χ2v) is 4.08. The largest absolute Gasteiger partial charge is 0.313 e. The Morgan fingerprint density at radius 2 is 1.87 bits per heavy atom. The first-order valence-corrected chi connectivity index (χ1v) is 5.31. The summed E-state index contributed by atoms with van der Waals surface area (Å²) in [6, 6.07) is 10.6. The third-order valence-electron chi connectivity index (χ3n) is 2.58. The maximum absolute atomic E-state index is 5.20. The minimum atomic E-state index is -0.238. The molecule has 15 heavy (non-hydrogen) atoms. The number of benzene rings is 1. The molecule has 1 fully saturated rings. The van der Waals surface area contributed by atoms with E-state index in [0.29, 0.717) is 12.7 Å². The Kier molecular flexibility index (Phi) is 3.36. The van der Waals surface area contributed by atoms with Crippen LogP contribution in [0, 0.1) is 5.92 Å². The summed E-state index contributed by atoms with van der Waals surface area (Å²) in [5.41, 5.74) is 1.27. The highest BCUT2D eigenvalue weighted by Crippen LogP contribution is 2.23. The van der Waals surface area contributed by atoms with Gasteiger partial charge in [-0.2, -0.15) is 0 Å². The minimum Gasteiger partial charge on any atom is -0.313 e. The standard InChI is InChI=1S/C12H17NO2/c1-9(2)11(13-12-14-8-15-12)10-6-4-3-5-7-10/h3-7,9,11-13H,8H2,1-2H3. The summed E-state index contributed by atoms with van der Waals surface area (Å²) in [5.74, 6) is 0.500. The monoisotopic (exact) mass is 207 g/mol. The molecule has 0 saturated carbocycles. The Balaban J connectivity index is 2.05. The first kappa shape index (κ1) is 10.6. The van der Waals surface area contributed by atoms with Crippen LogP contribution in [0.3, 0.4) is 0 Å². The molecule has 1 aliphatic rings. The molecule has 3 heteroatoms. The fourth-order valence-electron chi connectivity index (χ4n) is 1.71. The Bertz CT molecular complexity index is 296. The Hall–Kier alpha value is -0.900. The molecule has 1 aliphatic heterocycles. The van der Waals surface area contributed by atoms with Crippen molar-refractivity contribution in [3.63, 3.8) is 0 Å². The van der Waals surface area contributed by atoms with Crippen LogP contribution in [0.25, 0.3) is 0 Å². The van der Waals surface area contributed by atoms with E-state index >= 15 is 0 Å². The third kappa shape index (κ3) is 2.56. The molecule has 82 valence electrons. The quantitative estimate of drug-likeness (QED) is 0.821. The fourth-order valence-corrected chi connectivity index (χ4v) is 1.71. The number of ether oxygens (including phenoxy) is 2. The van der Waals surface area contributed by atoms with E-state index in [1.54, 1.807) is 0 Å². The zero-order valence-electron chi connectivity index (χ0n) is 9.14. The van der Waals surface area contributed by atoms with Crippen LogP contribution in [0.15, 0.2) is 30.3 Å². The maximum atomic E-state index is 5.20. The van der Waals surface area contributed by atoms with Crippen LogP contribution in [0.2, 0.25) is 0 Å². The first-order chi connectivity index (χ1) is 7.27. The summed E-state index contributed by atoms with van der Waals surface area (Å²) in [4.78, 5) is 0. The molecule has 0 aliphatic carbocycles. The van der Waals surface area contributed by atoms with Crippen molar-refractivity contribution in [3.05, 3.63) is 35.9 Å². The lowest BCUT2D eigenvalue weighted by molar-refractivity contribution is -0.336. The molecule has 1 aromatic carbocycles. The lowest BCUT2D eigenvalue weighted by atomic mass is 9.96. The molecule has 0 amide bonds. The Labute approximate surface area is 90.4 Å². The molecule has 0 spiro atoms. The van der Waals surface area contributed by atoms with Crippen LogP contribution >= 0.6 is 0 Å². The van der Waals surface area contributed by atoms with Gasteiger partial charge < -0.3 is 9.47 Å². The highest BCUT2D eigenvalue weighted by atomic mass is 16.9. The van der Waals surface area contributed by atoms with E-state index in [0.717, 1.165) is 0 Å². The van der Waals surface area contributed by atoms with Gasteiger partial charge in [0, 0.05) is 6.04 Å². The molecule has 1 N–H and O–H groups in total. The van der Waals surface area contributed by atoms with Crippen molar-refractivity contribution >= 4 is 0 Å². The van der Waals surface area contributed by atoms with E-state index in [1.807, 2.05) is 6.07 Å². The van der Waals surface area contributed by atoms with E-state index in [1.165, 1.54) is 5.56 Å². The summed E-state index contributed by atoms with van der Waals surface area (Å²) in [6.07, 6.45) is -0.238. The van der Waals surface area contributed by atoms with Crippen molar-refractivity contribution in [2.45, 2.75) is 26.3 Å². The van der Waals surface area contributed by atoms with Gasteiger partial charge in [0.05, 0.1) is 0 Å². The van der Waals surface area contributed by atoms with Crippen LogP contribution < -0.4 is 5.32 Å². The van der Waals surface area contributed by atoms with Crippen molar-refractivity contribution in [1.82, 2.24) is 5.32 Å². The lowest BCUT2D eigenvalue weighted by Crippen LogP contribution is -2.46. The molecule has 3 nitrogen and oxygen atoms in total. The van der Waals surface area contributed by atoms with Crippen LogP contribution in [-0.2, 0) is 9.47 Å². The van der Waals surface area contributed by atoms with Gasteiger partial charge in [-0.05, 0) is 11.5 Å². The summed E-state index contributed by atoms with van der Waals surface area (Å²) in [6.45, 7) is 4.77. The molecule has 1 unspecified atom stereocenters. The van der Waals surface area contributed by atoms with Crippen LogP contribution in [0.5, 0.6) is 0 Å². The number of hydrogen-bond donors (Lipinski definition) is 1. The second kappa shape index (κ2) is 4.75. The van der Waals surface area contributed by atoms with Crippen LogP contribution in [-0.4, -0.2) is 13.2 Å². The molecule has 1 saturated heterocycles. The van der Waals surface area contributed by atoms with Gasteiger partial charge in [-0.15, -0.1) is 0 Å². The van der Waals surface area contributed by atoms with Crippen molar-refractivity contribution < 1.29 is 9.47 Å². The highest BCUT2D eigenvalue weighted by molar-refractivity contribution is 5.19. The fraction of sp³-hybridized carbons (Fsp3) is 0.500. The van der Waals surface area contributed by atoms with Gasteiger partial charge in [0.15, 0.2) is 6.79 Å². The summed E-state index contributed by atoms with van der Waals surface area (Å²) in [7, 11) is 0. The molecule has 1 atom stereocenters. The Morgan fingerprint density at radius 3 is 2.33 bits per heavy atom. The van der Waals surface area contributed by atoms with Gasteiger partial charge in [-0.3, -0.25) is 5.32 Å². The minimum absolute atomic E-state index is 0.238. The van der Waals surface area contributed by atoms with Crippen molar-refractivity contribution in [3.8, 4) is 0 Å². The summed E-state index contributed by atoms with van der Waals surface area (Å²) >= 11 is 0. The predicted molar refractivity (Wildman–Crippen MR) is 58.0 cm³/mol. The number of rotatable bonds is 4. The predicted octanol–water partition coefficient (Wildman–Crippen LogP) is 2.26. The lowest BCUT2D eigenvalue weighted by Gasteiger charge is -2.33.